The van der Waals surface area contributed by atoms with Gasteiger partial charge in [0.05, 0.1) is 0 Å². The van der Waals surface area contributed by atoms with E-state index in [0.717, 1.165) is 0 Å². The minimum absolute atomic E-state index is 0.0284. The molecular weight excluding hydrogens is 364 g/mol. The van der Waals surface area contributed by atoms with Crippen LogP contribution in [-0.2, 0) is 4.79 Å². The molecule has 0 aliphatic carbocycles. The Morgan fingerprint density at radius 3 is 2.18 bits per heavy atom. The Bertz CT molecular complexity index is 706. The van der Waals surface area contributed by atoms with Gasteiger partial charge in [0.25, 0.3) is 5.91 Å². The van der Waals surface area contributed by atoms with Crippen LogP contribution < -0.4 is 24.8 Å². The number of carbonyl (C=O) groups excluding carboxylic acids is 1. The summed E-state index contributed by atoms with van der Waals surface area (Å²) >= 11 is 0. The van der Waals surface area contributed by atoms with Crippen LogP contribution in [-0.4, -0.2) is 62.2 Å². The largest absolute Gasteiger partial charge is 0.508 e. The number of benzene rings is 2. The molecule has 0 aromatic heterocycles. The van der Waals surface area contributed by atoms with E-state index >= 15 is 0 Å². The Kier molecular flexibility index (Phi) is 8.90. The van der Waals surface area contributed by atoms with Crippen molar-refractivity contribution in [3.63, 3.8) is 0 Å². The summed E-state index contributed by atoms with van der Waals surface area (Å²) in [6.07, 6.45) is -0.662. The van der Waals surface area contributed by atoms with E-state index in [4.69, 9.17) is 14.2 Å². The Morgan fingerprint density at radius 1 is 0.964 bits per heavy atom. The van der Waals surface area contributed by atoms with Gasteiger partial charge in [-0.05, 0) is 48.5 Å². The normalized spacial score (nSPS) is 11.5. The lowest BCUT2D eigenvalue weighted by atomic mass is 10.3. The molecule has 152 valence electrons. The average molecular weight is 390 g/mol. The molecule has 0 heterocycles. The smallest absolute Gasteiger partial charge is 0.257 e. The van der Waals surface area contributed by atoms with Gasteiger partial charge in [-0.1, -0.05) is 0 Å². The molecule has 0 spiro atoms. The van der Waals surface area contributed by atoms with Crippen molar-refractivity contribution in [1.82, 2.24) is 10.6 Å². The highest BCUT2D eigenvalue weighted by molar-refractivity contribution is 5.77. The van der Waals surface area contributed by atoms with Crippen molar-refractivity contribution in [2.24, 2.45) is 0 Å². The van der Waals surface area contributed by atoms with E-state index in [0.29, 0.717) is 36.9 Å². The number of hydrogen-bond donors (Lipinski definition) is 4. The van der Waals surface area contributed by atoms with Gasteiger partial charge in [0.1, 0.15) is 42.3 Å². The third kappa shape index (κ3) is 8.15. The van der Waals surface area contributed by atoms with Gasteiger partial charge < -0.3 is 35.1 Å². The van der Waals surface area contributed by atoms with Crippen molar-refractivity contribution in [2.45, 2.75) is 6.10 Å². The lowest BCUT2D eigenvalue weighted by Crippen LogP contribution is -2.33. The molecule has 4 N–H and O–H groups in total. The number of likely N-dealkylation sites (N-methyl/N-ethyl adjacent to an activating group) is 1. The van der Waals surface area contributed by atoms with Gasteiger partial charge >= 0.3 is 0 Å². The van der Waals surface area contributed by atoms with E-state index in [2.05, 4.69) is 10.6 Å². The first kappa shape index (κ1) is 21.3. The number of nitrogens with one attached hydrogen (secondary N) is 2. The minimum Gasteiger partial charge on any atom is -0.508 e. The molecule has 1 unspecified atom stereocenters. The second kappa shape index (κ2) is 11.7. The Balaban J connectivity index is 1.55. The standard InChI is InChI=1S/C20H26N2O6/c1-21-20(25)14-28-19-8-6-17(7-9-19)26-11-10-22-12-16(24)13-27-18-4-2-15(23)3-5-18/h2-9,16,22-24H,10-14H2,1H3,(H,21,25). The molecule has 0 saturated heterocycles. The third-order valence-corrected chi connectivity index (χ3v) is 3.68. The Morgan fingerprint density at radius 2 is 1.54 bits per heavy atom. The van der Waals surface area contributed by atoms with Gasteiger partial charge in [-0.25, -0.2) is 0 Å². The summed E-state index contributed by atoms with van der Waals surface area (Å²) in [4.78, 5) is 11.1. The van der Waals surface area contributed by atoms with E-state index in [1.165, 1.54) is 12.1 Å². The first-order chi connectivity index (χ1) is 13.6. The number of aromatic hydroxyl groups is 1. The van der Waals surface area contributed by atoms with Gasteiger partial charge in [0, 0.05) is 20.1 Å². The van der Waals surface area contributed by atoms with Crippen molar-refractivity contribution < 1.29 is 29.2 Å². The van der Waals surface area contributed by atoms with E-state index in [-0.39, 0.29) is 24.9 Å². The second-order valence-electron chi connectivity index (χ2n) is 5.94. The number of hydrogen-bond acceptors (Lipinski definition) is 7. The molecule has 0 bridgehead atoms. The van der Waals surface area contributed by atoms with E-state index in [1.54, 1.807) is 43.4 Å². The summed E-state index contributed by atoms with van der Waals surface area (Å²) in [7, 11) is 1.55. The number of rotatable bonds is 12. The van der Waals surface area contributed by atoms with Crippen LogP contribution in [0.4, 0.5) is 0 Å². The van der Waals surface area contributed by atoms with E-state index in [1.807, 2.05) is 0 Å². The van der Waals surface area contributed by atoms with Crippen LogP contribution in [0, 0.1) is 0 Å². The van der Waals surface area contributed by atoms with Gasteiger partial charge in [0.2, 0.25) is 0 Å². The van der Waals surface area contributed by atoms with E-state index < -0.39 is 6.10 Å². The molecule has 0 radical (unpaired) electrons. The predicted molar refractivity (Wildman–Crippen MR) is 104 cm³/mol. The highest BCUT2D eigenvalue weighted by atomic mass is 16.5. The minimum atomic E-state index is -0.662. The zero-order valence-electron chi connectivity index (χ0n) is 15.8. The molecule has 0 saturated carbocycles. The molecule has 0 aliphatic rings. The monoisotopic (exact) mass is 390 g/mol. The van der Waals surface area contributed by atoms with Gasteiger partial charge in [-0.15, -0.1) is 0 Å². The molecule has 28 heavy (non-hydrogen) atoms. The zero-order valence-corrected chi connectivity index (χ0v) is 15.8. The van der Waals surface area contributed by atoms with Crippen LogP contribution in [0.3, 0.4) is 0 Å². The van der Waals surface area contributed by atoms with Crippen molar-refractivity contribution >= 4 is 5.91 Å². The highest BCUT2D eigenvalue weighted by Crippen LogP contribution is 2.17. The number of amides is 1. The molecule has 2 aromatic rings. The number of ether oxygens (including phenoxy) is 3. The first-order valence-corrected chi connectivity index (χ1v) is 8.93. The summed E-state index contributed by atoms with van der Waals surface area (Å²) in [6.45, 7) is 1.48. The maximum Gasteiger partial charge on any atom is 0.257 e. The zero-order chi connectivity index (χ0) is 20.2. The maximum atomic E-state index is 11.1. The van der Waals surface area contributed by atoms with Crippen LogP contribution in [0.15, 0.2) is 48.5 Å². The number of aliphatic hydroxyl groups excluding tert-OH is 1. The maximum absolute atomic E-state index is 11.1. The molecule has 2 aromatic carbocycles. The molecule has 0 fully saturated rings. The molecule has 8 heteroatoms. The summed E-state index contributed by atoms with van der Waals surface area (Å²) in [5.41, 5.74) is 0. The van der Waals surface area contributed by atoms with Gasteiger partial charge in [0.15, 0.2) is 6.61 Å². The predicted octanol–water partition coefficient (Wildman–Crippen LogP) is 0.925. The average Bonchev–Trinajstić information content (AvgIpc) is 2.72. The summed E-state index contributed by atoms with van der Waals surface area (Å²) < 4.78 is 16.3. The lowest BCUT2D eigenvalue weighted by molar-refractivity contribution is -0.122. The molecule has 2 rings (SSSR count). The fourth-order valence-electron chi connectivity index (χ4n) is 2.16. The number of aliphatic hydroxyl groups is 1. The topological polar surface area (TPSA) is 109 Å². The van der Waals surface area contributed by atoms with Crippen LogP contribution in [0.5, 0.6) is 23.0 Å². The van der Waals surface area contributed by atoms with Gasteiger partial charge in [-0.2, -0.15) is 0 Å². The van der Waals surface area contributed by atoms with Crippen LogP contribution in [0.25, 0.3) is 0 Å². The fraction of sp³-hybridized carbons (Fsp3) is 0.350. The fourth-order valence-corrected chi connectivity index (χ4v) is 2.16. The molecule has 1 atom stereocenters. The molecule has 8 nitrogen and oxygen atoms in total. The van der Waals surface area contributed by atoms with Crippen LogP contribution in [0.2, 0.25) is 0 Å². The molecule has 0 aliphatic heterocycles. The quantitative estimate of drug-likeness (QED) is 0.399. The van der Waals surface area contributed by atoms with Crippen molar-refractivity contribution in [1.29, 1.82) is 0 Å². The lowest BCUT2D eigenvalue weighted by Gasteiger charge is -2.14. The molecular formula is C20H26N2O6. The van der Waals surface area contributed by atoms with Gasteiger partial charge in [-0.3, -0.25) is 4.79 Å². The highest BCUT2D eigenvalue weighted by Gasteiger charge is 2.05. The Hall–Kier alpha value is -2.97. The van der Waals surface area contributed by atoms with Crippen molar-refractivity contribution in [3.05, 3.63) is 48.5 Å². The summed E-state index contributed by atoms with van der Waals surface area (Å²) in [5.74, 6) is 1.83. The first-order valence-electron chi connectivity index (χ1n) is 8.93. The second-order valence-corrected chi connectivity index (χ2v) is 5.94. The van der Waals surface area contributed by atoms with Crippen molar-refractivity contribution in [3.8, 4) is 23.0 Å². The number of phenols is 1. The third-order valence-electron chi connectivity index (χ3n) is 3.68. The van der Waals surface area contributed by atoms with E-state index in [9.17, 15) is 15.0 Å². The number of carbonyl (C=O) groups is 1. The Labute approximate surface area is 164 Å². The summed E-state index contributed by atoms with van der Waals surface area (Å²) in [5, 5.41) is 24.7. The van der Waals surface area contributed by atoms with Crippen LogP contribution >= 0.6 is 0 Å². The number of phenolic OH excluding ortho intramolecular Hbond substituents is 1. The summed E-state index contributed by atoms with van der Waals surface area (Å²) in [6, 6.07) is 13.3. The SMILES string of the molecule is CNC(=O)COc1ccc(OCCNCC(O)COc2ccc(O)cc2)cc1. The van der Waals surface area contributed by atoms with Crippen molar-refractivity contribution in [2.75, 3.05) is 40.0 Å². The molecule has 1 amide bonds. The van der Waals surface area contributed by atoms with Crippen LogP contribution in [0.1, 0.15) is 0 Å².